The molecule has 2 aliphatic heterocycles. The summed E-state index contributed by atoms with van der Waals surface area (Å²) in [5.74, 6) is -5.14. The predicted octanol–water partition coefficient (Wildman–Crippen LogP) is 5.64. The summed E-state index contributed by atoms with van der Waals surface area (Å²) in [6.07, 6.45) is 7.73. The molecule has 1 aliphatic carbocycles. The van der Waals surface area contributed by atoms with Crippen molar-refractivity contribution in [3.63, 3.8) is 0 Å². The van der Waals surface area contributed by atoms with Crippen molar-refractivity contribution in [2.24, 2.45) is 27.7 Å². The number of hydrogen-bond acceptors (Lipinski definition) is 13. The molecule has 0 aromatic heterocycles. The molecule has 17 heteroatoms. The number of nitrogens with two attached hydrogens (primary N) is 1. The van der Waals surface area contributed by atoms with Gasteiger partial charge in [0.05, 0.1) is 17.3 Å². The van der Waals surface area contributed by atoms with E-state index in [9.17, 15) is 42.4 Å². The van der Waals surface area contributed by atoms with E-state index in [4.69, 9.17) is 20.0 Å². The van der Waals surface area contributed by atoms with Gasteiger partial charge in [0.1, 0.15) is 23.9 Å². The van der Waals surface area contributed by atoms with Gasteiger partial charge in [-0.25, -0.2) is 14.6 Å². The zero-order valence-corrected chi connectivity index (χ0v) is 32.3. The first-order valence-electron chi connectivity index (χ1n) is 17.9. The van der Waals surface area contributed by atoms with Gasteiger partial charge >= 0.3 is 22.4 Å². The molecule has 0 saturated carbocycles. The van der Waals surface area contributed by atoms with Crippen LogP contribution >= 0.6 is 0 Å². The Kier molecular flexibility index (Phi) is 13.5. The van der Waals surface area contributed by atoms with E-state index in [1.165, 1.54) is 19.9 Å². The molecular weight excluding hydrogens is 737 g/mol. The van der Waals surface area contributed by atoms with Gasteiger partial charge in [0.2, 0.25) is 5.60 Å². The number of phenols is 1. The van der Waals surface area contributed by atoms with Crippen molar-refractivity contribution in [2.45, 2.75) is 97.5 Å². The third-order valence-corrected chi connectivity index (χ3v) is 10.4. The van der Waals surface area contributed by atoms with Gasteiger partial charge in [0, 0.05) is 24.3 Å². The Morgan fingerprint density at radius 3 is 2.53 bits per heavy atom. The highest BCUT2D eigenvalue weighted by molar-refractivity contribution is 7.84. The zero-order chi connectivity index (χ0) is 40.8. The number of aromatic hydroxyl groups is 1. The fourth-order valence-electron chi connectivity index (χ4n) is 6.48. The van der Waals surface area contributed by atoms with Crippen LogP contribution in [0.2, 0.25) is 0 Å². The van der Waals surface area contributed by atoms with Crippen LogP contribution in [0.4, 0.5) is 4.79 Å². The molecule has 1 fully saturated rings. The number of allylic oxidation sites excluding steroid dienone is 4. The number of unbranched alkanes of at least 4 members (excludes halogenated alkanes) is 2. The van der Waals surface area contributed by atoms with Crippen molar-refractivity contribution < 1.29 is 56.7 Å². The number of aliphatic imine (C=N–C) groups is 1. The van der Waals surface area contributed by atoms with Gasteiger partial charge in [0.15, 0.2) is 11.5 Å². The van der Waals surface area contributed by atoms with Crippen LogP contribution in [0.1, 0.15) is 96.6 Å². The van der Waals surface area contributed by atoms with Crippen LogP contribution in [0.25, 0.3) is 0 Å². The van der Waals surface area contributed by atoms with Crippen LogP contribution in [-0.4, -0.2) is 75.1 Å². The Balaban J connectivity index is 1.59. The highest BCUT2D eigenvalue weighted by atomic mass is 32.2. The van der Waals surface area contributed by atoms with Gasteiger partial charge in [-0.2, -0.15) is 12.7 Å². The largest absolute Gasteiger partial charge is 0.514 e. The number of ether oxygens (including phenoxy) is 2. The van der Waals surface area contributed by atoms with Crippen molar-refractivity contribution in [2.75, 3.05) is 6.61 Å². The van der Waals surface area contributed by atoms with Gasteiger partial charge in [0.25, 0.3) is 5.91 Å². The van der Waals surface area contributed by atoms with E-state index in [0.717, 1.165) is 54.9 Å². The number of carbonyl (C=O) groups excluding carboxylic acids is 3. The number of rotatable bonds is 17. The fraction of sp³-hybridized carbons (Fsp3) is 0.474. The average molecular weight is 785 g/mol. The molecule has 1 aromatic rings. The second-order valence-corrected chi connectivity index (χ2v) is 15.6. The second-order valence-electron chi connectivity index (χ2n) is 14.3. The van der Waals surface area contributed by atoms with Crippen LogP contribution < -0.4 is 10.5 Å². The van der Waals surface area contributed by atoms with E-state index >= 15 is 0 Å². The highest BCUT2D eigenvalue weighted by Crippen LogP contribution is 2.47. The third-order valence-electron chi connectivity index (χ3n) is 9.52. The van der Waals surface area contributed by atoms with Crippen LogP contribution in [-0.2, 0) is 40.7 Å². The summed E-state index contributed by atoms with van der Waals surface area (Å²) in [6.45, 7) is 11.8. The van der Waals surface area contributed by atoms with E-state index in [0.29, 0.717) is 12.0 Å². The molecule has 3 aliphatic rings. The molecule has 0 bridgehead atoms. The molecule has 2 heterocycles. The number of β-lactam (4-membered cyclic amide) rings is 1. The lowest BCUT2D eigenvalue weighted by atomic mass is 9.73. The number of amides is 1. The highest BCUT2D eigenvalue weighted by Gasteiger charge is 2.50. The number of oxime groups is 1. The number of aryl methyl sites for hydroxylation is 1. The molecule has 55 heavy (non-hydrogen) atoms. The van der Waals surface area contributed by atoms with E-state index in [2.05, 4.69) is 23.7 Å². The smallest absolute Gasteiger partial charge is 0.507 e. The average Bonchev–Trinajstić information content (AvgIpc) is 3.51. The Bertz CT molecular complexity index is 2010. The zero-order valence-electron chi connectivity index (χ0n) is 31.5. The fourth-order valence-corrected chi connectivity index (χ4v) is 7.31. The van der Waals surface area contributed by atoms with Crippen molar-refractivity contribution in [3.8, 4) is 11.5 Å². The Morgan fingerprint density at radius 1 is 1.22 bits per heavy atom. The molecular formula is C38H48N4O12S. The minimum Gasteiger partial charge on any atom is -0.507 e. The van der Waals surface area contributed by atoms with Crippen LogP contribution in [0.3, 0.4) is 0 Å². The predicted molar refractivity (Wildman–Crippen MR) is 201 cm³/mol. The number of carboxylic acids is 1. The summed E-state index contributed by atoms with van der Waals surface area (Å²) < 4.78 is 45.0. The van der Waals surface area contributed by atoms with Gasteiger partial charge in [-0.05, 0) is 89.1 Å². The first-order chi connectivity index (χ1) is 25.7. The Labute approximate surface area is 320 Å². The lowest BCUT2D eigenvalue weighted by Crippen LogP contribution is -2.53. The van der Waals surface area contributed by atoms with Gasteiger partial charge in [-0.1, -0.05) is 48.7 Å². The summed E-state index contributed by atoms with van der Waals surface area (Å²) in [5.41, 5.74) is 6.11. The number of carbonyl (C=O) groups is 4. The van der Waals surface area contributed by atoms with Gasteiger partial charge in [-0.15, -0.1) is 0 Å². The number of ketones is 1. The van der Waals surface area contributed by atoms with E-state index in [1.54, 1.807) is 12.1 Å². The molecule has 3 atom stereocenters. The molecule has 0 unspecified atom stereocenters. The van der Waals surface area contributed by atoms with E-state index in [-0.39, 0.29) is 51.3 Å². The maximum Gasteiger partial charge on any atom is 0.514 e. The third kappa shape index (κ3) is 10.3. The first kappa shape index (κ1) is 42.5. The van der Waals surface area contributed by atoms with Crippen molar-refractivity contribution >= 4 is 45.7 Å². The Hall–Kier alpha value is -5.29. The number of benzene rings is 1. The summed E-state index contributed by atoms with van der Waals surface area (Å²) in [6, 6.07) is 3.35. The van der Waals surface area contributed by atoms with Crippen molar-refractivity contribution in [1.29, 1.82) is 0 Å². The van der Waals surface area contributed by atoms with E-state index < -0.39 is 64.4 Å². The number of aliphatic carboxylic acids is 1. The molecule has 4 rings (SSSR count). The normalized spacial score (nSPS) is 21.0. The molecule has 5 N–H and O–H groups in total. The number of Topliss-reactive ketones (excluding diaryl/α,β-unsaturated/α-hetero) is 1. The lowest BCUT2D eigenvalue weighted by molar-refractivity contribution is -0.161. The van der Waals surface area contributed by atoms with Gasteiger partial charge in [-0.3, -0.25) is 14.1 Å². The topological polar surface area (TPSA) is 245 Å². The molecule has 1 amide bonds. The number of hydrogen-bond donors (Lipinski definition) is 4. The van der Waals surface area contributed by atoms with E-state index in [1.807, 2.05) is 19.9 Å². The molecule has 0 spiro atoms. The number of nitrogens with zero attached hydrogens (tertiary/aromatic N) is 3. The number of amidine groups is 1. The van der Waals surface area contributed by atoms with Crippen LogP contribution in [0.15, 0.2) is 69.6 Å². The summed E-state index contributed by atoms with van der Waals surface area (Å²) in [7, 11) is -5.15. The maximum absolute atomic E-state index is 13.5. The number of phenolic OH excluding ortho intramolecular Hbond substituents is 1. The van der Waals surface area contributed by atoms with Gasteiger partial charge < -0.3 is 30.3 Å². The summed E-state index contributed by atoms with van der Waals surface area (Å²) in [4.78, 5) is 60.3. The quantitative estimate of drug-likeness (QED) is 0.0219. The lowest BCUT2D eigenvalue weighted by Gasteiger charge is -2.38. The summed E-state index contributed by atoms with van der Waals surface area (Å²) in [5, 5.41) is 24.4. The molecule has 1 saturated heterocycles. The summed E-state index contributed by atoms with van der Waals surface area (Å²) >= 11 is 0. The van der Waals surface area contributed by atoms with Crippen molar-refractivity contribution in [1.82, 2.24) is 4.31 Å². The standard InChI is InChI=1S/C38H48N4O12S/c1-7-8-9-10-23-18-29(43)33(25-17-22(4)11-12-24(25)21(2)3)31(19-23)53-37(48)52-16-15-28-26(35(45)42(28)55(49,50)51)20-30(44)34(27-13-14-32(39)40-27)41-54-38(5,6)36(46)47/h13,15,17-19,24-26,43H,2,7-12,14,16,20H2,1,3-6H3,(H2,39,40)(H,46,47)(H,49,50,51)/b28-15+,41-34-/t24-,25+,26-/m0/s1. The molecule has 298 valence electrons. The number of carboxylic acid groups (broad SMARTS) is 1. The minimum atomic E-state index is -5.15. The van der Waals surface area contributed by atoms with Crippen LogP contribution in [0, 0.1) is 11.8 Å². The van der Waals surface area contributed by atoms with Crippen LogP contribution in [0.5, 0.6) is 11.5 Å². The van der Waals surface area contributed by atoms with Crippen molar-refractivity contribution in [3.05, 3.63) is 70.6 Å². The molecule has 16 nitrogen and oxygen atoms in total. The first-order valence-corrected chi connectivity index (χ1v) is 19.3. The maximum atomic E-state index is 13.5. The second kappa shape index (κ2) is 17.5. The Morgan fingerprint density at radius 2 is 1.93 bits per heavy atom. The SMILES string of the molecule is C=C(C)[C@@H]1CCC(C)=C[C@H]1c1c(O)cc(CCCCC)cc1OC(=O)OC/C=C1\[C@H](CC(=O)/C(=N\OC(C)(C)C(=O)O)C2=CCC(N)=N2)C(=O)N1S(=O)(=O)O. The molecule has 1 aromatic carbocycles. The molecule has 0 radical (unpaired) electrons. The minimum absolute atomic E-state index is 0.0410. The monoisotopic (exact) mass is 784 g/mol.